The zero-order chi connectivity index (χ0) is 35.3. The van der Waals surface area contributed by atoms with Crippen LogP contribution in [0.4, 0.5) is 0 Å². The van der Waals surface area contributed by atoms with E-state index in [2.05, 4.69) is 62.1 Å². The number of hydrogen-bond acceptors (Lipinski definition) is 5. The maximum Gasteiger partial charge on any atom is 0.119 e. The van der Waals surface area contributed by atoms with Gasteiger partial charge in [-0.25, -0.2) is 0 Å². The molecule has 2 heterocycles. The van der Waals surface area contributed by atoms with Gasteiger partial charge in [0.25, 0.3) is 0 Å². The first-order valence-corrected chi connectivity index (χ1v) is 21.1. The molecule has 0 unspecified atom stereocenters. The molecule has 9 rings (SSSR count). The molecule has 4 N–H and O–H groups in total. The Morgan fingerprint density at radius 2 is 1.61 bits per heavy atom. The van der Waals surface area contributed by atoms with Crippen LogP contribution < -0.4 is 0 Å². The van der Waals surface area contributed by atoms with E-state index in [9.17, 15) is 20.4 Å². The van der Waals surface area contributed by atoms with Gasteiger partial charge in [-0.3, -0.25) is 4.90 Å². The smallest absolute Gasteiger partial charge is 0.119 e. The molecular formula is C46H65NO4. The Balaban J connectivity index is 0.898. The highest BCUT2D eigenvalue weighted by atomic mass is 16.3. The summed E-state index contributed by atoms with van der Waals surface area (Å²) in [5.74, 6) is 5.38. The van der Waals surface area contributed by atoms with Crippen LogP contribution in [0.3, 0.4) is 0 Å². The quantitative estimate of drug-likeness (QED) is 0.255. The number of piperidine rings is 2. The third kappa shape index (κ3) is 5.76. The molecule has 278 valence electrons. The van der Waals surface area contributed by atoms with Crippen molar-refractivity contribution in [3.05, 3.63) is 65.2 Å². The van der Waals surface area contributed by atoms with Gasteiger partial charge in [-0.2, -0.15) is 0 Å². The number of aryl methyl sites for hydroxylation is 1. The molecule has 2 aromatic rings. The molecule has 5 saturated carbocycles. The summed E-state index contributed by atoms with van der Waals surface area (Å²) < 4.78 is 0. The number of aromatic hydroxyl groups is 1. The van der Waals surface area contributed by atoms with Crippen molar-refractivity contribution in [2.45, 2.75) is 135 Å². The van der Waals surface area contributed by atoms with E-state index in [0.29, 0.717) is 59.1 Å². The molecule has 2 saturated heterocycles. The third-order valence-electron chi connectivity index (χ3n) is 17.4. The van der Waals surface area contributed by atoms with Crippen LogP contribution in [0.5, 0.6) is 5.75 Å². The molecule has 0 amide bonds. The molecule has 0 aromatic heterocycles. The van der Waals surface area contributed by atoms with E-state index in [4.69, 9.17) is 0 Å². The van der Waals surface area contributed by atoms with E-state index in [1.165, 1.54) is 36.8 Å². The number of aliphatic hydroxyl groups excluding tert-OH is 2. The third-order valence-corrected chi connectivity index (χ3v) is 17.4. The number of phenols is 1. The number of rotatable bonds is 5. The van der Waals surface area contributed by atoms with Gasteiger partial charge in [0.05, 0.1) is 17.8 Å². The Hall–Kier alpha value is -1.92. The van der Waals surface area contributed by atoms with Crippen molar-refractivity contribution >= 4 is 0 Å². The predicted octanol–water partition coefficient (Wildman–Crippen LogP) is 8.00. The topological polar surface area (TPSA) is 84.2 Å². The second kappa shape index (κ2) is 12.8. The van der Waals surface area contributed by atoms with E-state index >= 15 is 0 Å². The number of nitrogens with zero attached hydrogens (tertiary/aromatic N) is 1. The first kappa shape index (κ1) is 34.8. The number of aliphatic hydroxyl groups is 3. The molecule has 2 aromatic carbocycles. The SMILES string of the molecule is C[C@@H]1CC[C@H]2N(C1)C[C@H]1[C@H]3C[C@@H]4[C@@H](C[C@H](O)[C@@H]5C[C@@H](O)[C@@]6(CC[C@@H](CCc7ccc(Cc8ccccc8)c(O)c7)C6)C[C@]45C)[C@H]3CC[C@H]1[C@]2(C)O. The van der Waals surface area contributed by atoms with E-state index in [0.717, 1.165) is 82.9 Å². The van der Waals surface area contributed by atoms with Crippen molar-refractivity contribution in [1.82, 2.24) is 4.90 Å². The summed E-state index contributed by atoms with van der Waals surface area (Å²) in [7, 11) is 0. The van der Waals surface area contributed by atoms with E-state index in [1.807, 2.05) is 12.1 Å². The number of fused-ring (bicyclic) bond motifs is 8. The molecule has 2 aliphatic heterocycles. The second-order valence-corrected chi connectivity index (χ2v) is 20.0. The van der Waals surface area contributed by atoms with E-state index in [-0.39, 0.29) is 29.0 Å². The Morgan fingerprint density at radius 1 is 0.784 bits per heavy atom. The number of hydrogen-bond donors (Lipinski definition) is 4. The molecule has 0 radical (unpaired) electrons. The number of phenolic OH excluding ortho intramolecular Hbond substituents is 1. The highest BCUT2D eigenvalue weighted by molar-refractivity contribution is 5.39. The van der Waals surface area contributed by atoms with Crippen LogP contribution in [0.25, 0.3) is 0 Å². The zero-order valence-corrected chi connectivity index (χ0v) is 31.6. The summed E-state index contributed by atoms with van der Waals surface area (Å²) in [6, 6.07) is 17.0. The van der Waals surface area contributed by atoms with Crippen LogP contribution in [-0.2, 0) is 12.8 Å². The molecule has 7 aliphatic rings. The van der Waals surface area contributed by atoms with Crippen LogP contribution in [-0.4, -0.2) is 62.3 Å². The van der Waals surface area contributed by atoms with Gasteiger partial charge >= 0.3 is 0 Å². The van der Waals surface area contributed by atoms with E-state index in [1.54, 1.807) is 0 Å². The highest BCUT2D eigenvalue weighted by Crippen LogP contribution is 2.70. The van der Waals surface area contributed by atoms with Crippen LogP contribution >= 0.6 is 0 Å². The molecule has 1 spiro atoms. The minimum atomic E-state index is -0.603. The Morgan fingerprint density at radius 3 is 2.41 bits per heavy atom. The molecule has 15 atom stereocenters. The van der Waals surface area contributed by atoms with Gasteiger partial charge < -0.3 is 20.4 Å². The standard InChI is InChI=1S/C46H65NO4/c1-28-9-16-42-45(3,51)37-15-14-33-34(36(37)26-47(42)25-28)21-38-35(33)22-41(49)39-23-43(50)46(27-44(38,39)2)18-17-31(24-46)11-10-30-12-13-32(40(48)20-30)19-29-7-5-4-6-8-29/h4-8,12-13,20,28,31,33-39,41-43,48-51H,9-11,14-19,21-27H2,1-3H3/t28-,31-,33+,34+,35+,36+,37-,38-,39+,41+,42-,43-,44-,45+,46-/m1/s1. The Bertz CT molecular complexity index is 1580. The maximum absolute atomic E-state index is 12.2. The molecule has 5 aliphatic carbocycles. The summed E-state index contributed by atoms with van der Waals surface area (Å²) in [6.45, 7) is 9.43. The summed E-state index contributed by atoms with van der Waals surface area (Å²) in [6.07, 6.45) is 14.3. The molecule has 51 heavy (non-hydrogen) atoms. The summed E-state index contributed by atoms with van der Waals surface area (Å²) >= 11 is 0. The van der Waals surface area contributed by atoms with Crippen molar-refractivity contribution in [2.75, 3.05) is 13.1 Å². The molecule has 0 bridgehead atoms. The van der Waals surface area contributed by atoms with Gasteiger partial charge in [-0.1, -0.05) is 56.3 Å². The van der Waals surface area contributed by atoms with Crippen molar-refractivity contribution in [3.8, 4) is 5.75 Å². The first-order chi connectivity index (χ1) is 24.4. The van der Waals surface area contributed by atoms with Crippen LogP contribution in [0.1, 0.15) is 115 Å². The zero-order valence-electron chi connectivity index (χ0n) is 31.6. The van der Waals surface area contributed by atoms with Crippen LogP contribution in [0.2, 0.25) is 0 Å². The highest BCUT2D eigenvalue weighted by Gasteiger charge is 2.67. The maximum atomic E-state index is 12.2. The van der Waals surface area contributed by atoms with Crippen molar-refractivity contribution in [1.29, 1.82) is 0 Å². The molecular weight excluding hydrogens is 631 g/mol. The fourth-order valence-corrected chi connectivity index (χ4v) is 15.1. The summed E-state index contributed by atoms with van der Waals surface area (Å²) in [5.41, 5.74) is 2.81. The predicted molar refractivity (Wildman–Crippen MR) is 202 cm³/mol. The van der Waals surface area contributed by atoms with E-state index < -0.39 is 5.60 Å². The molecule has 5 nitrogen and oxygen atoms in total. The first-order valence-electron chi connectivity index (χ1n) is 21.1. The summed E-state index contributed by atoms with van der Waals surface area (Å²) in [4.78, 5) is 2.70. The molecule has 5 heteroatoms. The van der Waals surface area contributed by atoms with Gasteiger partial charge in [0, 0.05) is 25.6 Å². The average Bonchev–Trinajstić information content (AvgIpc) is 3.69. The van der Waals surface area contributed by atoms with Gasteiger partial charge in [0.1, 0.15) is 5.75 Å². The minimum Gasteiger partial charge on any atom is -0.508 e. The van der Waals surface area contributed by atoms with Gasteiger partial charge in [-0.15, -0.1) is 0 Å². The van der Waals surface area contributed by atoms with Gasteiger partial charge in [0.2, 0.25) is 0 Å². The largest absolute Gasteiger partial charge is 0.508 e. The van der Waals surface area contributed by atoms with Crippen molar-refractivity contribution < 1.29 is 20.4 Å². The average molecular weight is 696 g/mol. The lowest BCUT2D eigenvalue weighted by atomic mass is 9.46. The van der Waals surface area contributed by atoms with Crippen LogP contribution in [0, 0.1) is 64.1 Å². The lowest BCUT2D eigenvalue weighted by Gasteiger charge is -2.60. The van der Waals surface area contributed by atoms with Gasteiger partial charge in [0.15, 0.2) is 0 Å². The van der Waals surface area contributed by atoms with Gasteiger partial charge in [-0.05, 0) is 177 Å². The van der Waals surface area contributed by atoms with Crippen LogP contribution in [0.15, 0.2) is 48.5 Å². The monoisotopic (exact) mass is 695 g/mol. The minimum absolute atomic E-state index is 0.0405. The Labute approximate surface area is 307 Å². The Kier molecular flexibility index (Phi) is 8.77. The number of benzene rings is 2. The van der Waals surface area contributed by atoms with Crippen molar-refractivity contribution in [2.24, 2.45) is 64.1 Å². The second-order valence-electron chi connectivity index (χ2n) is 20.0. The lowest BCUT2D eigenvalue weighted by Crippen LogP contribution is -2.67. The van der Waals surface area contributed by atoms with Crippen molar-refractivity contribution in [3.63, 3.8) is 0 Å². The normalized spacial score (nSPS) is 47.6. The summed E-state index contributed by atoms with van der Waals surface area (Å²) in [5, 5.41) is 46.8. The fraction of sp³-hybridized carbons (Fsp3) is 0.739. The molecule has 7 fully saturated rings. The fourth-order valence-electron chi connectivity index (χ4n) is 15.1. The lowest BCUT2D eigenvalue weighted by molar-refractivity contribution is -0.180.